The summed E-state index contributed by atoms with van der Waals surface area (Å²) < 4.78 is 11.2. The van der Waals surface area contributed by atoms with E-state index >= 15 is 0 Å². The van der Waals surface area contributed by atoms with E-state index < -0.39 is 0 Å². The fraction of sp³-hybridized carbons (Fsp3) is 0.450. The minimum absolute atomic E-state index is 0.0221. The number of nitrogens with zero attached hydrogens (tertiary/aromatic N) is 4. The normalized spacial score (nSPS) is 19.5. The van der Waals surface area contributed by atoms with Crippen LogP contribution in [0.4, 0.5) is 5.95 Å². The Bertz CT molecular complexity index is 809. The highest BCUT2D eigenvalue weighted by Gasteiger charge is 2.25. The van der Waals surface area contributed by atoms with Crippen molar-refractivity contribution in [3.05, 3.63) is 42.2 Å². The quantitative estimate of drug-likeness (QED) is 0.815. The summed E-state index contributed by atoms with van der Waals surface area (Å²) in [6.45, 7) is 4.11. The van der Waals surface area contributed by atoms with Crippen molar-refractivity contribution in [2.45, 2.75) is 12.5 Å². The maximum Gasteiger partial charge on any atom is 0.234 e. The highest BCUT2D eigenvalue weighted by molar-refractivity contribution is 5.78. The summed E-state index contributed by atoms with van der Waals surface area (Å²) in [5.74, 6) is 2.31. The zero-order valence-corrected chi connectivity index (χ0v) is 16.0. The highest BCUT2D eigenvalue weighted by Crippen LogP contribution is 2.34. The highest BCUT2D eigenvalue weighted by atomic mass is 16.5. The molecule has 1 saturated heterocycles. The van der Waals surface area contributed by atoms with Gasteiger partial charge in [-0.05, 0) is 18.6 Å². The van der Waals surface area contributed by atoms with Crippen LogP contribution in [-0.4, -0.2) is 73.3 Å². The van der Waals surface area contributed by atoms with E-state index in [9.17, 15) is 4.79 Å². The van der Waals surface area contributed by atoms with Gasteiger partial charge in [0.2, 0.25) is 11.9 Å². The van der Waals surface area contributed by atoms with Crippen molar-refractivity contribution in [3.63, 3.8) is 0 Å². The molecule has 1 aromatic carbocycles. The number of methoxy groups -OCH3 is 1. The topological polar surface area (TPSA) is 79.8 Å². The molecule has 1 atom stereocenters. The first-order valence-corrected chi connectivity index (χ1v) is 9.55. The lowest BCUT2D eigenvalue weighted by molar-refractivity contribution is -0.123. The van der Waals surface area contributed by atoms with E-state index in [2.05, 4.69) is 25.1 Å². The number of carbonyl (C=O) groups is 1. The molecular weight excluding hydrogens is 358 g/mol. The van der Waals surface area contributed by atoms with E-state index in [0.29, 0.717) is 13.2 Å². The zero-order chi connectivity index (χ0) is 19.3. The molecule has 3 heterocycles. The number of anilines is 1. The molecule has 2 aromatic rings. The Morgan fingerprint density at radius 3 is 2.75 bits per heavy atom. The number of hydrogen-bond donors (Lipinski definition) is 1. The molecule has 2 aliphatic heterocycles. The third-order valence-corrected chi connectivity index (χ3v) is 5.12. The number of nitrogens with one attached hydrogen (secondary N) is 1. The zero-order valence-electron chi connectivity index (χ0n) is 16.0. The minimum atomic E-state index is -0.0221. The Labute approximate surface area is 164 Å². The van der Waals surface area contributed by atoms with E-state index in [1.54, 1.807) is 19.5 Å². The molecule has 1 N–H and O–H groups in total. The lowest BCUT2D eigenvalue weighted by atomic mass is 10.0. The van der Waals surface area contributed by atoms with Crippen LogP contribution in [0.2, 0.25) is 0 Å². The molecule has 0 radical (unpaired) electrons. The van der Waals surface area contributed by atoms with E-state index in [0.717, 1.165) is 55.6 Å². The van der Waals surface area contributed by atoms with E-state index in [4.69, 9.17) is 9.47 Å². The molecule has 1 amide bonds. The number of ether oxygens (including phenoxy) is 2. The predicted octanol–water partition coefficient (Wildman–Crippen LogP) is 0.727. The molecule has 1 fully saturated rings. The molecular formula is C20H25N5O3. The molecule has 28 heavy (non-hydrogen) atoms. The number of fused-ring (bicyclic) bond motifs is 1. The molecule has 0 aliphatic carbocycles. The third kappa shape index (κ3) is 4.17. The van der Waals surface area contributed by atoms with Gasteiger partial charge >= 0.3 is 0 Å². The van der Waals surface area contributed by atoms with Crippen LogP contribution in [-0.2, 0) is 11.2 Å². The SMILES string of the molecule is COc1cccc2c1OCC(NC(=O)CN1CCN(c3ncccn3)CC1)C2. The minimum Gasteiger partial charge on any atom is -0.493 e. The molecule has 1 unspecified atom stereocenters. The molecule has 0 saturated carbocycles. The van der Waals surface area contributed by atoms with Crippen LogP contribution in [0.5, 0.6) is 11.5 Å². The van der Waals surface area contributed by atoms with Gasteiger partial charge in [0.15, 0.2) is 11.5 Å². The maximum absolute atomic E-state index is 12.5. The monoisotopic (exact) mass is 383 g/mol. The molecule has 0 bridgehead atoms. The largest absolute Gasteiger partial charge is 0.493 e. The Hall–Kier alpha value is -2.87. The first-order valence-electron chi connectivity index (χ1n) is 9.55. The van der Waals surface area contributed by atoms with Crippen LogP contribution in [0, 0.1) is 0 Å². The molecule has 4 rings (SSSR count). The lowest BCUT2D eigenvalue weighted by Gasteiger charge is -2.34. The smallest absolute Gasteiger partial charge is 0.234 e. The summed E-state index contributed by atoms with van der Waals surface area (Å²) in [6.07, 6.45) is 4.25. The van der Waals surface area contributed by atoms with Gasteiger partial charge in [0.05, 0.1) is 19.7 Å². The second-order valence-electron chi connectivity index (χ2n) is 7.04. The number of hydrogen-bond acceptors (Lipinski definition) is 7. The summed E-state index contributed by atoms with van der Waals surface area (Å²) in [5, 5.41) is 3.10. The number of para-hydroxylation sites is 1. The van der Waals surface area contributed by atoms with Crippen LogP contribution in [0.1, 0.15) is 5.56 Å². The average Bonchev–Trinajstić information content (AvgIpc) is 2.74. The number of aromatic nitrogens is 2. The van der Waals surface area contributed by atoms with Crippen molar-refractivity contribution in [1.29, 1.82) is 0 Å². The van der Waals surface area contributed by atoms with Crippen LogP contribution in [0.15, 0.2) is 36.7 Å². The fourth-order valence-corrected chi connectivity index (χ4v) is 3.68. The van der Waals surface area contributed by atoms with Gasteiger partial charge in [-0.25, -0.2) is 9.97 Å². The van der Waals surface area contributed by atoms with Crippen LogP contribution < -0.4 is 19.7 Å². The van der Waals surface area contributed by atoms with Crippen LogP contribution in [0.3, 0.4) is 0 Å². The van der Waals surface area contributed by atoms with Crippen molar-refractivity contribution >= 4 is 11.9 Å². The Morgan fingerprint density at radius 2 is 2.00 bits per heavy atom. The van der Waals surface area contributed by atoms with Gasteiger partial charge in [-0.1, -0.05) is 12.1 Å². The second kappa shape index (κ2) is 8.43. The van der Waals surface area contributed by atoms with Crippen molar-refractivity contribution < 1.29 is 14.3 Å². The number of amides is 1. The first kappa shape index (κ1) is 18.5. The Balaban J connectivity index is 1.25. The van der Waals surface area contributed by atoms with Gasteiger partial charge in [0.25, 0.3) is 0 Å². The van der Waals surface area contributed by atoms with Crippen LogP contribution >= 0.6 is 0 Å². The first-order chi connectivity index (χ1) is 13.7. The third-order valence-electron chi connectivity index (χ3n) is 5.12. The molecule has 2 aliphatic rings. The fourth-order valence-electron chi connectivity index (χ4n) is 3.68. The van der Waals surface area contributed by atoms with Crippen LogP contribution in [0.25, 0.3) is 0 Å². The Kier molecular flexibility index (Phi) is 5.57. The van der Waals surface area contributed by atoms with Crippen molar-refractivity contribution in [2.75, 3.05) is 51.3 Å². The summed E-state index contributed by atoms with van der Waals surface area (Å²) in [4.78, 5) is 25.4. The van der Waals surface area contributed by atoms with Gasteiger partial charge in [0, 0.05) is 44.1 Å². The summed E-state index contributed by atoms with van der Waals surface area (Å²) in [6, 6.07) is 7.64. The van der Waals surface area contributed by atoms with Gasteiger partial charge < -0.3 is 19.7 Å². The number of benzene rings is 1. The average molecular weight is 383 g/mol. The van der Waals surface area contributed by atoms with Gasteiger partial charge in [-0.2, -0.15) is 0 Å². The summed E-state index contributed by atoms with van der Waals surface area (Å²) in [5.41, 5.74) is 1.06. The number of rotatable bonds is 5. The molecule has 8 heteroatoms. The second-order valence-corrected chi connectivity index (χ2v) is 7.04. The molecule has 148 valence electrons. The van der Waals surface area contributed by atoms with Gasteiger partial charge in [-0.3, -0.25) is 9.69 Å². The summed E-state index contributed by atoms with van der Waals surface area (Å²) >= 11 is 0. The van der Waals surface area contributed by atoms with E-state index in [1.165, 1.54) is 0 Å². The predicted molar refractivity (Wildman–Crippen MR) is 105 cm³/mol. The maximum atomic E-state index is 12.5. The van der Waals surface area contributed by atoms with Crippen molar-refractivity contribution in [3.8, 4) is 11.5 Å². The van der Waals surface area contributed by atoms with Crippen molar-refractivity contribution in [1.82, 2.24) is 20.2 Å². The van der Waals surface area contributed by atoms with E-state index in [1.807, 2.05) is 24.3 Å². The lowest BCUT2D eigenvalue weighted by Crippen LogP contribution is -2.52. The number of carbonyl (C=O) groups excluding carboxylic acids is 1. The Morgan fingerprint density at radius 1 is 1.21 bits per heavy atom. The van der Waals surface area contributed by atoms with Gasteiger partial charge in [0.1, 0.15) is 6.61 Å². The van der Waals surface area contributed by atoms with Crippen molar-refractivity contribution in [2.24, 2.45) is 0 Å². The number of piperazine rings is 1. The molecule has 0 spiro atoms. The summed E-state index contributed by atoms with van der Waals surface area (Å²) in [7, 11) is 1.64. The van der Waals surface area contributed by atoms with Gasteiger partial charge in [-0.15, -0.1) is 0 Å². The van der Waals surface area contributed by atoms with E-state index in [-0.39, 0.29) is 11.9 Å². The molecule has 8 nitrogen and oxygen atoms in total. The molecule has 1 aromatic heterocycles. The standard InChI is InChI=1S/C20H25N5O3/c1-27-17-5-2-4-15-12-16(14-28-19(15)17)23-18(26)13-24-8-10-25(11-9-24)20-21-6-3-7-22-20/h2-7,16H,8-14H2,1H3,(H,23,26).